The summed E-state index contributed by atoms with van der Waals surface area (Å²) in [6.07, 6.45) is 1.48. The number of ether oxygens (including phenoxy) is 1. The van der Waals surface area contributed by atoms with Crippen LogP contribution in [0.1, 0.15) is 18.7 Å². The molecule has 0 bridgehead atoms. The number of carbonyl (C=O) groups excluding carboxylic acids is 2. The zero-order chi connectivity index (χ0) is 18.8. The Hall–Kier alpha value is -3.35. The molecule has 0 unspecified atom stereocenters. The van der Waals surface area contributed by atoms with E-state index in [0.29, 0.717) is 34.8 Å². The van der Waals surface area contributed by atoms with E-state index in [1.165, 1.54) is 0 Å². The number of nitrogens with zero attached hydrogens (tertiary/aromatic N) is 2. The fraction of sp³-hybridized carbons (Fsp3) is 0.250. The molecule has 0 atom stereocenters. The third-order valence-corrected chi connectivity index (χ3v) is 4.37. The molecule has 3 aromatic rings. The molecule has 138 valence electrons. The maximum Gasteiger partial charge on any atom is 0.262 e. The van der Waals surface area contributed by atoms with Crippen molar-refractivity contribution < 1.29 is 18.7 Å². The summed E-state index contributed by atoms with van der Waals surface area (Å²) in [5.41, 5.74) is 2.86. The van der Waals surface area contributed by atoms with Gasteiger partial charge in [-0.3, -0.25) is 9.59 Å². The molecule has 1 aliphatic rings. The third-order valence-electron chi connectivity index (χ3n) is 4.37. The van der Waals surface area contributed by atoms with Gasteiger partial charge >= 0.3 is 0 Å². The first-order valence-corrected chi connectivity index (χ1v) is 8.79. The van der Waals surface area contributed by atoms with E-state index in [9.17, 15) is 9.59 Å². The first-order valence-electron chi connectivity index (χ1n) is 8.79. The number of aromatic nitrogens is 1. The van der Waals surface area contributed by atoms with Gasteiger partial charge < -0.3 is 19.4 Å². The molecule has 2 heterocycles. The predicted octanol–water partition coefficient (Wildman–Crippen LogP) is 3.28. The van der Waals surface area contributed by atoms with Crippen molar-refractivity contribution in [2.45, 2.75) is 19.8 Å². The summed E-state index contributed by atoms with van der Waals surface area (Å²) in [6.45, 7) is 2.41. The Morgan fingerprint density at radius 1 is 1.26 bits per heavy atom. The van der Waals surface area contributed by atoms with Crippen LogP contribution in [-0.4, -0.2) is 29.9 Å². The normalized spacial score (nSPS) is 14.0. The Kier molecular flexibility index (Phi) is 4.50. The van der Waals surface area contributed by atoms with Gasteiger partial charge in [-0.25, -0.2) is 4.98 Å². The molecular formula is C20H19N3O4. The minimum Gasteiger partial charge on any atom is -0.484 e. The second-order valence-electron chi connectivity index (χ2n) is 6.40. The van der Waals surface area contributed by atoms with E-state index in [1.54, 1.807) is 42.2 Å². The number of oxazole rings is 1. The molecule has 1 N–H and O–H groups in total. The zero-order valence-corrected chi connectivity index (χ0v) is 14.9. The van der Waals surface area contributed by atoms with Gasteiger partial charge in [0.1, 0.15) is 11.3 Å². The lowest BCUT2D eigenvalue weighted by molar-refractivity contribution is -0.118. The number of hydrogen-bond acceptors (Lipinski definition) is 5. The lowest BCUT2D eigenvalue weighted by Crippen LogP contribution is -2.23. The van der Waals surface area contributed by atoms with Crippen molar-refractivity contribution in [2.24, 2.45) is 0 Å². The number of anilines is 2. The molecule has 7 heteroatoms. The molecule has 0 saturated carbocycles. The Balaban J connectivity index is 1.33. The van der Waals surface area contributed by atoms with E-state index in [1.807, 2.05) is 12.1 Å². The topological polar surface area (TPSA) is 84.7 Å². The first kappa shape index (κ1) is 17.1. The summed E-state index contributed by atoms with van der Waals surface area (Å²) in [7, 11) is 0. The van der Waals surface area contributed by atoms with Crippen molar-refractivity contribution in [3.8, 4) is 5.75 Å². The molecular weight excluding hydrogens is 346 g/mol. The Morgan fingerprint density at radius 2 is 2.07 bits per heavy atom. The molecule has 2 amide bonds. The minimum atomic E-state index is -0.270. The van der Waals surface area contributed by atoms with E-state index in [2.05, 4.69) is 10.3 Å². The highest BCUT2D eigenvalue weighted by molar-refractivity contribution is 5.95. The van der Waals surface area contributed by atoms with Crippen LogP contribution in [0.4, 0.5) is 11.4 Å². The third kappa shape index (κ3) is 3.76. The van der Waals surface area contributed by atoms with Gasteiger partial charge in [0.15, 0.2) is 18.1 Å². The van der Waals surface area contributed by atoms with Crippen LogP contribution in [-0.2, 0) is 9.59 Å². The molecule has 1 saturated heterocycles. The van der Waals surface area contributed by atoms with Gasteiger partial charge in [0.05, 0.1) is 0 Å². The maximum absolute atomic E-state index is 12.1. The van der Waals surface area contributed by atoms with Crippen LogP contribution >= 0.6 is 0 Å². The molecule has 2 aromatic carbocycles. The number of rotatable bonds is 5. The van der Waals surface area contributed by atoms with Gasteiger partial charge in [-0.2, -0.15) is 0 Å². The van der Waals surface area contributed by atoms with Gasteiger partial charge in [-0.1, -0.05) is 0 Å². The second kappa shape index (κ2) is 7.11. The molecule has 1 fully saturated rings. The van der Waals surface area contributed by atoms with Crippen LogP contribution in [0.25, 0.3) is 11.1 Å². The monoisotopic (exact) mass is 365 g/mol. The van der Waals surface area contributed by atoms with Crippen molar-refractivity contribution in [1.29, 1.82) is 0 Å². The fourth-order valence-electron chi connectivity index (χ4n) is 3.11. The van der Waals surface area contributed by atoms with Gasteiger partial charge in [-0.15, -0.1) is 0 Å². The van der Waals surface area contributed by atoms with Gasteiger partial charge in [0, 0.05) is 31.3 Å². The van der Waals surface area contributed by atoms with E-state index < -0.39 is 0 Å². The standard InChI is InChI=1S/C20H19N3O4/c1-13-21-17-11-14(4-9-18(17)27-13)22-19(24)12-26-16-7-5-15(6-8-16)23-10-2-3-20(23)25/h4-9,11H,2-3,10,12H2,1H3,(H,22,24). The molecule has 0 aliphatic carbocycles. The number of carbonyl (C=O) groups is 2. The minimum absolute atomic E-state index is 0.113. The Bertz CT molecular complexity index is 994. The number of hydrogen-bond donors (Lipinski definition) is 1. The number of amides is 2. The number of fused-ring (bicyclic) bond motifs is 1. The van der Waals surface area contributed by atoms with Crippen LogP contribution < -0.4 is 15.0 Å². The lowest BCUT2D eigenvalue weighted by atomic mass is 10.3. The van der Waals surface area contributed by atoms with Crippen LogP contribution in [0.15, 0.2) is 46.9 Å². The SMILES string of the molecule is Cc1nc2cc(NC(=O)COc3ccc(N4CCCC4=O)cc3)ccc2o1. The molecule has 4 rings (SSSR count). The first-order chi connectivity index (χ1) is 13.1. The van der Waals surface area contributed by atoms with Crippen molar-refractivity contribution >= 4 is 34.3 Å². The van der Waals surface area contributed by atoms with Crippen LogP contribution in [0.2, 0.25) is 0 Å². The smallest absolute Gasteiger partial charge is 0.262 e. The number of benzene rings is 2. The summed E-state index contributed by atoms with van der Waals surface area (Å²) in [4.78, 5) is 29.9. The van der Waals surface area contributed by atoms with E-state index in [4.69, 9.17) is 9.15 Å². The zero-order valence-electron chi connectivity index (χ0n) is 14.9. The van der Waals surface area contributed by atoms with Gasteiger partial charge in [0.25, 0.3) is 5.91 Å². The van der Waals surface area contributed by atoms with E-state index in [-0.39, 0.29) is 18.4 Å². The van der Waals surface area contributed by atoms with Crippen molar-refractivity contribution in [3.05, 3.63) is 48.4 Å². The number of aryl methyl sites for hydroxylation is 1. The summed E-state index contributed by atoms with van der Waals surface area (Å²) in [5, 5.41) is 2.78. The molecule has 0 spiro atoms. The summed E-state index contributed by atoms with van der Waals surface area (Å²) >= 11 is 0. The average Bonchev–Trinajstić information content (AvgIpc) is 3.24. The summed E-state index contributed by atoms with van der Waals surface area (Å²) in [5.74, 6) is 1.02. The molecule has 27 heavy (non-hydrogen) atoms. The van der Waals surface area contributed by atoms with Crippen molar-refractivity contribution in [1.82, 2.24) is 4.98 Å². The van der Waals surface area contributed by atoms with Crippen LogP contribution in [0, 0.1) is 6.92 Å². The van der Waals surface area contributed by atoms with Crippen LogP contribution in [0.5, 0.6) is 5.75 Å². The predicted molar refractivity (Wildman–Crippen MR) is 101 cm³/mol. The molecule has 1 aliphatic heterocycles. The van der Waals surface area contributed by atoms with Gasteiger partial charge in [-0.05, 0) is 48.9 Å². The quantitative estimate of drug-likeness (QED) is 0.750. The van der Waals surface area contributed by atoms with E-state index >= 15 is 0 Å². The molecule has 1 aromatic heterocycles. The highest BCUT2D eigenvalue weighted by atomic mass is 16.5. The van der Waals surface area contributed by atoms with Crippen molar-refractivity contribution in [2.75, 3.05) is 23.4 Å². The Morgan fingerprint density at radius 3 is 2.81 bits per heavy atom. The molecule has 0 radical (unpaired) electrons. The van der Waals surface area contributed by atoms with E-state index in [0.717, 1.165) is 18.7 Å². The highest BCUT2D eigenvalue weighted by Crippen LogP contribution is 2.24. The van der Waals surface area contributed by atoms with Gasteiger partial charge in [0.2, 0.25) is 5.91 Å². The average molecular weight is 365 g/mol. The number of nitrogens with one attached hydrogen (secondary N) is 1. The Labute approximate surface area is 155 Å². The maximum atomic E-state index is 12.1. The summed E-state index contributed by atoms with van der Waals surface area (Å²) in [6, 6.07) is 12.5. The van der Waals surface area contributed by atoms with Crippen LogP contribution in [0.3, 0.4) is 0 Å². The molecule has 7 nitrogen and oxygen atoms in total. The van der Waals surface area contributed by atoms with Crippen molar-refractivity contribution in [3.63, 3.8) is 0 Å². The second-order valence-corrected chi connectivity index (χ2v) is 6.40. The highest BCUT2D eigenvalue weighted by Gasteiger charge is 2.21. The lowest BCUT2D eigenvalue weighted by Gasteiger charge is -2.16. The largest absolute Gasteiger partial charge is 0.484 e. The fourth-order valence-corrected chi connectivity index (χ4v) is 3.11. The summed E-state index contributed by atoms with van der Waals surface area (Å²) < 4.78 is 10.9.